The average Bonchev–Trinajstić information content (AvgIpc) is 2.40. The molecule has 74 valence electrons. The topological polar surface area (TPSA) is 55.7 Å². The first kappa shape index (κ1) is 10.5. The van der Waals surface area contributed by atoms with Crippen LogP contribution in [0.4, 0.5) is 0 Å². The zero-order chi connectivity index (χ0) is 9.73. The smallest absolute Gasteiger partial charge is 0.156 e. The van der Waals surface area contributed by atoms with E-state index in [0.717, 1.165) is 0 Å². The molecule has 1 saturated heterocycles. The van der Waals surface area contributed by atoms with Crippen LogP contribution in [0, 0.1) is 0 Å². The van der Waals surface area contributed by atoms with Crippen LogP contribution in [0.15, 0.2) is 16.8 Å². The van der Waals surface area contributed by atoms with E-state index in [-0.39, 0.29) is 18.1 Å². The first-order chi connectivity index (χ1) is 6.14. The molecule has 1 aliphatic heterocycles. The molecule has 0 atom stereocenters. The third kappa shape index (κ3) is 3.78. The molecule has 0 bridgehead atoms. The van der Waals surface area contributed by atoms with Crippen molar-refractivity contribution in [2.75, 3.05) is 18.1 Å². The molecule has 1 rings (SSSR count). The highest BCUT2D eigenvalue weighted by molar-refractivity contribution is 7.92. The number of oxime groups is 1. The minimum atomic E-state index is -2.89. The normalized spacial score (nSPS) is 24.2. The molecule has 6 heteroatoms. The number of sulfone groups is 1. The molecule has 0 aromatic carbocycles. The predicted octanol–water partition coefficient (Wildman–Crippen LogP) is 0.930. The predicted molar refractivity (Wildman–Crippen MR) is 51.7 cm³/mol. The van der Waals surface area contributed by atoms with Crippen LogP contribution in [0.3, 0.4) is 0 Å². The Balaban J connectivity index is 2.38. The van der Waals surface area contributed by atoms with E-state index in [4.69, 9.17) is 16.4 Å². The van der Waals surface area contributed by atoms with Gasteiger partial charge in [-0.3, -0.25) is 0 Å². The van der Waals surface area contributed by atoms with Gasteiger partial charge >= 0.3 is 0 Å². The summed E-state index contributed by atoms with van der Waals surface area (Å²) in [5.74, 6) is 0.206. The summed E-state index contributed by atoms with van der Waals surface area (Å²) >= 11 is 5.24. The van der Waals surface area contributed by atoms with E-state index in [1.54, 1.807) is 6.08 Å². The van der Waals surface area contributed by atoms with Crippen molar-refractivity contribution in [2.45, 2.75) is 6.42 Å². The van der Waals surface area contributed by atoms with Gasteiger partial charge in [-0.25, -0.2) is 8.42 Å². The van der Waals surface area contributed by atoms with Crippen LogP contribution in [0.2, 0.25) is 0 Å². The lowest BCUT2D eigenvalue weighted by atomic mass is 10.3. The van der Waals surface area contributed by atoms with E-state index in [0.29, 0.717) is 12.1 Å². The summed E-state index contributed by atoms with van der Waals surface area (Å²) < 4.78 is 21.9. The van der Waals surface area contributed by atoms with Crippen molar-refractivity contribution in [2.24, 2.45) is 5.16 Å². The molecule has 0 radical (unpaired) electrons. The van der Waals surface area contributed by atoms with Crippen LogP contribution >= 0.6 is 11.6 Å². The van der Waals surface area contributed by atoms with Crippen LogP contribution < -0.4 is 0 Å². The summed E-state index contributed by atoms with van der Waals surface area (Å²) in [6, 6.07) is 0. The van der Waals surface area contributed by atoms with Crippen LogP contribution in [-0.4, -0.2) is 32.2 Å². The van der Waals surface area contributed by atoms with E-state index in [1.165, 1.54) is 5.54 Å². The van der Waals surface area contributed by atoms with Gasteiger partial charge < -0.3 is 4.84 Å². The van der Waals surface area contributed by atoms with Gasteiger partial charge in [0.2, 0.25) is 0 Å². The summed E-state index contributed by atoms with van der Waals surface area (Å²) in [7, 11) is -2.89. The van der Waals surface area contributed by atoms with E-state index < -0.39 is 9.84 Å². The molecule has 0 aromatic rings. The van der Waals surface area contributed by atoms with E-state index in [1.807, 2.05) is 0 Å². The number of hydrogen-bond donors (Lipinski definition) is 0. The highest BCUT2D eigenvalue weighted by atomic mass is 35.5. The van der Waals surface area contributed by atoms with Gasteiger partial charge in [0, 0.05) is 12.0 Å². The Morgan fingerprint density at radius 3 is 2.92 bits per heavy atom. The Hall–Kier alpha value is -0.550. The summed E-state index contributed by atoms with van der Waals surface area (Å²) in [5.41, 5.74) is 1.91. The van der Waals surface area contributed by atoms with Gasteiger partial charge in [-0.15, -0.1) is 0 Å². The van der Waals surface area contributed by atoms with Crippen molar-refractivity contribution in [1.82, 2.24) is 0 Å². The monoisotopic (exact) mass is 223 g/mol. The minimum Gasteiger partial charge on any atom is -0.392 e. The molecule has 0 amide bonds. The number of halogens is 1. The molecule has 0 unspecified atom stereocenters. The van der Waals surface area contributed by atoms with Crippen molar-refractivity contribution < 1.29 is 13.3 Å². The summed E-state index contributed by atoms with van der Waals surface area (Å²) in [4.78, 5) is 4.80. The number of nitrogens with zero attached hydrogens (tertiary/aromatic N) is 1. The van der Waals surface area contributed by atoms with Crippen LogP contribution in [0.5, 0.6) is 0 Å². The maximum atomic E-state index is 11.0. The fourth-order valence-corrected chi connectivity index (χ4v) is 2.42. The van der Waals surface area contributed by atoms with Gasteiger partial charge in [0.1, 0.15) is 6.61 Å². The fourth-order valence-electron chi connectivity index (χ4n) is 0.951. The van der Waals surface area contributed by atoms with Gasteiger partial charge in [0.15, 0.2) is 9.84 Å². The molecule has 1 aliphatic rings. The maximum absolute atomic E-state index is 11.0. The van der Waals surface area contributed by atoms with Crippen molar-refractivity contribution in [1.29, 1.82) is 0 Å². The maximum Gasteiger partial charge on any atom is 0.156 e. The molecular weight excluding hydrogens is 214 g/mol. The molecule has 4 nitrogen and oxygen atoms in total. The number of rotatable bonds is 3. The standard InChI is InChI=1S/C7H10ClNO3S/c8-3-1-4-12-9-7-2-5-13(10,11)6-7/h1,3H,2,4-6H2/b3-1+,9-7-. The molecule has 1 fully saturated rings. The Morgan fingerprint density at radius 1 is 1.62 bits per heavy atom. The summed E-state index contributed by atoms with van der Waals surface area (Å²) in [6.07, 6.45) is 2.06. The van der Waals surface area contributed by atoms with Gasteiger partial charge in [0.25, 0.3) is 0 Å². The zero-order valence-corrected chi connectivity index (χ0v) is 8.51. The van der Waals surface area contributed by atoms with E-state index in [2.05, 4.69) is 5.16 Å². The molecule has 0 saturated carbocycles. The molecular formula is C7H10ClNO3S. The van der Waals surface area contributed by atoms with Crippen LogP contribution in [0.25, 0.3) is 0 Å². The fraction of sp³-hybridized carbons (Fsp3) is 0.571. The third-order valence-corrected chi connectivity index (χ3v) is 3.32. The van der Waals surface area contributed by atoms with Crippen molar-refractivity contribution >= 4 is 27.1 Å². The van der Waals surface area contributed by atoms with Crippen LogP contribution in [-0.2, 0) is 14.7 Å². The van der Waals surface area contributed by atoms with E-state index >= 15 is 0 Å². The first-order valence-electron chi connectivity index (χ1n) is 3.77. The molecule has 0 N–H and O–H groups in total. The van der Waals surface area contributed by atoms with Gasteiger partial charge in [-0.05, 0) is 6.08 Å². The highest BCUT2D eigenvalue weighted by Gasteiger charge is 2.24. The van der Waals surface area contributed by atoms with Crippen molar-refractivity contribution in [3.8, 4) is 0 Å². The minimum absolute atomic E-state index is 0.0254. The SMILES string of the molecule is O=S1(=O)CC/C(=N/OC/C=C/Cl)C1. The molecule has 0 aliphatic carbocycles. The second-order valence-corrected chi connectivity index (χ2v) is 5.09. The molecule has 13 heavy (non-hydrogen) atoms. The molecule has 1 heterocycles. The second kappa shape index (κ2) is 4.62. The third-order valence-electron chi connectivity index (χ3n) is 1.54. The van der Waals surface area contributed by atoms with Crippen molar-refractivity contribution in [3.05, 3.63) is 11.6 Å². The zero-order valence-electron chi connectivity index (χ0n) is 6.94. The lowest BCUT2D eigenvalue weighted by molar-refractivity contribution is 0.174. The molecule has 0 aromatic heterocycles. The summed E-state index contributed by atoms with van der Waals surface area (Å²) in [6.45, 7) is 0.271. The Bertz CT molecular complexity index is 321. The Labute approximate surface area is 82.1 Å². The Morgan fingerprint density at radius 2 is 2.38 bits per heavy atom. The van der Waals surface area contributed by atoms with Crippen molar-refractivity contribution in [3.63, 3.8) is 0 Å². The second-order valence-electron chi connectivity index (χ2n) is 2.66. The first-order valence-corrected chi connectivity index (χ1v) is 6.03. The highest BCUT2D eigenvalue weighted by Crippen LogP contribution is 2.08. The quantitative estimate of drug-likeness (QED) is 0.528. The summed E-state index contributed by atoms with van der Waals surface area (Å²) in [5, 5.41) is 3.68. The number of hydrogen-bond acceptors (Lipinski definition) is 4. The van der Waals surface area contributed by atoms with Crippen LogP contribution in [0.1, 0.15) is 6.42 Å². The molecule has 0 spiro atoms. The lowest BCUT2D eigenvalue weighted by Gasteiger charge is -1.94. The van der Waals surface area contributed by atoms with Gasteiger partial charge in [-0.2, -0.15) is 0 Å². The van der Waals surface area contributed by atoms with Gasteiger partial charge in [0.05, 0.1) is 17.2 Å². The van der Waals surface area contributed by atoms with E-state index in [9.17, 15) is 8.42 Å². The largest absolute Gasteiger partial charge is 0.392 e. The lowest BCUT2D eigenvalue weighted by Crippen LogP contribution is -2.04. The van der Waals surface area contributed by atoms with Gasteiger partial charge in [-0.1, -0.05) is 16.8 Å². The average molecular weight is 224 g/mol. The Kier molecular flexibility index (Phi) is 3.74.